The van der Waals surface area contributed by atoms with Crippen molar-refractivity contribution < 1.29 is 9.59 Å². The van der Waals surface area contributed by atoms with Crippen LogP contribution in [0.5, 0.6) is 0 Å². The second-order valence-electron chi connectivity index (χ2n) is 9.28. The van der Waals surface area contributed by atoms with Crippen molar-refractivity contribution in [1.29, 1.82) is 0 Å². The van der Waals surface area contributed by atoms with Crippen LogP contribution in [0, 0.1) is 29.6 Å². The number of nitrogens with one attached hydrogen (secondary N) is 1. The van der Waals surface area contributed by atoms with Crippen LogP contribution in [0.4, 0.5) is 0 Å². The summed E-state index contributed by atoms with van der Waals surface area (Å²) in [4.78, 5) is 27.8. The molecule has 5 aliphatic rings. The largest absolute Gasteiger partial charge is 0.383 e. The van der Waals surface area contributed by atoms with Gasteiger partial charge in [0, 0.05) is 32.3 Å². The average Bonchev–Trinajstić information content (AvgIpc) is 3.09. The average molecular weight is 344 g/mol. The maximum Gasteiger partial charge on any atom is 0.256 e. The lowest BCUT2D eigenvalue weighted by Crippen LogP contribution is -2.56. The second-order valence-corrected chi connectivity index (χ2v) is 9.28. The number of amides is 1. The van der Waals surface area contributed by atoms with Crippen LogP contribution in [0.25, 0.3) is 0 Å². The number of hydrogen-bond acceptors (Lipinski definition) is 3. The van der Waals surface area contributed by atoms with Crippen molar-refractivity contribution >= 4 is 11.7 Å². The van der Waals surface area contributed by atoms with E-state index in [2.05, 4.69) is 5.32 Å². The molecule has 0 unspecified atom stereocenters. The molecule has 0 aromatic rings. The van der Waals surface area contributed by atoms with Gasteiger partial charge in [-0.1, -0.05) is 12.8 Å². The molecule has 0 radical (unpaired) electrons. The maximum atomic E-state index is 13.0. The van der Waals surface area contributed by atoms with Gasteiger partial charge in [0.2, 0.25) is 0 Å². The molecule has 0 spiro atoms. The lowest BCUT2D eigenvalue weighted by molar-refractivity contribution is -0.126. The fourth-order valence-electron chi connectivity index (χ4n) is 6.29. The standard InChI is InChI=1S/C21H32N2O2/c1-23(2)12-18(20(24)15-5-3-4-6-15)21(25)22-19-16-8-13-7-14(10-16)11-17(19)9-13/h12-17,19H,3-11H2,1-2H3,(H,22,25)/b18-12-. The van der Waals surface area contributed by atoms with E-state index in [-0.39, 0.29) is 17.6 Å². The molecule has 0 heterocycles. The first-order valence-electron chi connectivity index (χ1n) is 10.2. The zero-order chi connectivity index (χ0) is 17.6. The number of hydrogen-bond donors (Lipinski definition) is 1. The summed E-state index contributed by atoms with van der Waals surface area (Å²) < 4.78 is 0. The summed E-state index contributed by atoms with van der Waals surface area (Å²) in [6.07, 6.45) is 12.4. The van der Waals surface area contributed by atoms with Gasteiger partial charge in [-0.3, -0.25) is 9.59 Å². The Kier molecular flexibility index (Phi) is 4.63. The number of ketones is 1. The summed E-state index contributed by atoms with van der Waals surface area (Å²) in [6.45, 7) is 0. The van der Waals surface area contributed by atoms with Crippen LogP contribution in [0.2, 0.25) is 0 Å². The molecule has 1 N–H and O–H groups in total. The molecule has 5 aliphatic carbocycles. The van der Waals surface area contributed by atoms with Crippen molar-refractivity contribution in [2.45, 2.75) is 63.8 Å². The minimum absolute atomic E-state index is 0.0513. The van der Waals surface area contributed by atoms with Crippen LogP contribution < -0.4 is 5.32 Å². The van der Waals surface area contributed by atoms with Crippen LogP contribution in [0.1, 0.15) is 57.8 Å². The van der Waals surface area contributed by atoms with Crippen LogP contribution in [-0.4, -0.2) is 36.7 Å². The molecular weight excluding hydrogens is 312 g/mol. The van der Waals surface area contributed by atoms with Gasteiger partial charge < -0.3 is 10.2 Å². The minimum atomic E-state index is -0.122. The molecule has 4 nitrogen and oxygen atoms in total. The predicted octanol–water partition coefficient (Wildman–Crippen LogP) is 3.13. The van der Waals surface area contributed by atoms with Gasteiger partial charge >= 0.3 is 0 Å². The van der Waals surface area contributed by atoms with Gasteiger partial charge in [0.15, 0.2) is 5.78 Å². The minimum Gasteiger partial charge on any atom is -0.383 e. The molecule has 25 heavy (non-hydrogen) atoms. The van der Waals surface area contributed by atoms with Crippen molar-refractivity contribution in [2.24, 2.45) is 29.6 Å². The molecule has 5 saturated carbocycles. The Bertz CT molecular complexity index is 546. The van der Waals surface area contributed by atoms with Crippen LogP contribution in [0.15, 0.2) is 11.8 Å². The third kappa shape index (κ3) is 3.37. The zero-order valence-electron chi connectivity index (χ0n) is 15.7. The first-order valence-corrected chi connectivity index (χ1v) is 10.2. The molecular formula is C21H32N2O2. The third-order valence-corrected chi connectivity index (χ3v) is 7.15. The molecule has 5 rings (SSSR count). The Morgan fingerprint density at radius 2 is 1.48 bits per heavy atom. The van der Waals surface area contributed by atoms with E-state index in [4.69, 9.17) is 0 Å². The van der Waals surface area contributed by atoms with E-state index in [0.717, 1.165) is 37.5 Å². The fourth-order valence-corrected chi connectivity index (χ4v) is 6.29. The van der Waals surface area contributed by atoms with Gasteiger partial charge in [-0.15, -0.1) is 0 Å². The lowest BCUT2D eigenvalue weighted by atomic mass is 9.54. The number of nitrogens with zero attached hydrogens (tertiary/aromatic N) is 1. The van der Waals surface area contributed by atoms with E-state index in [9.17, 15) is 9.59 Å². The molecule has 0 aromatic carbocycles. The summed E-state index contributed by atoms with van der Waals surface area (Å²) >= 11 is 0. The molecule has 138 valence electrons. The highest BCUT2D eigenvalue weighted by Crippen LogP contribution is 2.53. The topological polar surface area (TPSA) is 49.4 Å². The number of carbonyl (C=O) groups excluding carboxylic acids is 2. The molecule has 0 aromatic heterocycles. The Labute approximate surface area is 151 Å². The molecule has 0 aliphatic heterocycles. The summed E-state index contributed by atoms with van der Waals surface area (Å²) in [5.41, 5.74) is 0.380. The zero-order valence-corrected chi connectivity index (χ0v) is 15.7. The van der Waals surface area contributed by atoms with Gasteiger partial charge in [-0.05, 0) is 68.6 Å². The Balaban J connectivity index is 1.48. The second kappa shape index (κ2) is 6.77. The number of Topliss-reactive ketones (excluding diaryl/α,β-unsaturated/α-hetero) is 1. The Morgan fingerprint density at radius 1 is 0.920 bits per heavy atom. The Morgan fingerprint density at radius 3 is 2.00 bits per heavy atom. The smallest absolute Gasteiger partial charge is 0.256 e. The van der Waals surface area contributed by atoms with Gasteiger partial charge in [-0.2, -0.15) is 0 Å². The van der Waals surface area contributed by atoms with E-state index in [1.807, 2.05) is 19.0 Å². The van der Waals surface area contributed by atoms with Crippen molar-refractivity contribution in [3.63, 3.8) is 0 Å². The van der Waals surface area contributed by atoms with Gasteiger partial charge in [0.25, 0.3) is 5.91 Å². The van der Waals surface area contributed by atoms with E-state index < -0.39 is 0 Å². The molecule has 5 fully saturated rings. The fraction of sp³-hybridized carbons (Fsp3) is 0.810. The van der Waals surface area contributed by atoms with Crippen molar-refractivity contribution in [1.82, 2.24) is 10.2 Å². The van der Waals surface area contributed by atoms with Gasteiger partial charge in [-0.25, -0.2) is 0 Å². The van der Waals surface area contributed by atoms with E-state index in [1.54, 1.807) is 6.20 Å². The SMILES string of the molecule is CN(C)/C=C(\C(=O)NC1C2CC3CC(C2)CC1C3)C(=O)C1CCCC1. The van der Waals surface area contributed by atoms with Gasteiger partial charge in [0.05, 0.1) is 5.57 Å². The molecule has 1 amide bonds. The normalized spacial score (nSPS) is 37.4. The molecule has 4 bridgehead atoms. The summed E-state index contributed by atoms with van der Waals surface area (Å²) in [7, 11) is 3.77. The van der Waals surface area contributed by atoms with E-state index >= 15 is 0 Å². The quantitative estimate of drug-likeness (QED) is 0.473. The third-order valence-electron chi connectivity index (χ3n) is 7.15. The lowest BCUT2D eigenvalue weighted by Gasteiger charge is -2.54. The van der Waals surface area contributed by atoms with Crippen molar-refractivity contribution in [2.75, 3.05) is 14.1 Å². The van der Waals surface area contributed by atoms with E-state index in [0.29, 0.717) is 23.5 Å². The maximum absolute atomic E-state index is 13.0. The molecule has 0 saturated heterocycles. The highest BCUT2D eigenvalue weighted by atomic mass is 16.2. The summed E-state index contributed by atoms with van der Waals surface area (Å²) in [6, 6.07) is 0.294. The first-order chi connectivity index (χ1) is 12.0. The summed E-state index contributed by atoms with van der Waals surface area (Å²) in [5.74, 6) is 3.07. The van der Waals surface area contributed by atoms with Crippen molar-refractivity contribution in [3.05, 3.63) is 11.8 Å². The van der Waals surface area contributed by atoms with Crippen LogP contribution in [-0.2, 0) is 9.59 Å². The monoisotopic (exact) mass is 344 g/mol. The highest BCUT2D eigenvalue weighted by molar-refractivity contribution is 6.20. The van der Waals surface area contributed by atoms with Crippen LogP contribution >= 0.6 is 0 Å². The number of rotatable bonds is 5. The Hall–Kier alpha value is -1.32. The first kappa shape index (κ1) is 17.1. The van der Waals surface area contributed by atoms with Gasteiger partial charge in [0.1, 0.15) is 0 Å². The number of carbonyl (C=O) groups is 2. The summed E-state index contributed by atoms with van der Waals surface area (Å²) in [5, 5.41) is 3.32. The van der Waals surface area contributed by atoms with Crippen molar-refractivity contribution in [3.8, 4) is 0 Å². The highest BCUT2D eigenvalue weighted by Gasteiger charge is 2.49. The molecule has 4 heteroatoms. The predicted molar refractivity (Wildman–Crippen MR) is 97.7 cm³/mol. The van der Waals surface area contributed by atoms with E-state index in [1.165, 1.54) is 32.1 Å². The van der Waals surface area contributed by atoms with Crippen LogP contribution in [0.3, 0.4) is 0 Å². The molecule has 0 atom stereocenters.